The van der Waals surface area contributed by atoms with Crippen molar-refractivity contribution in [1.82, 2.24) is 20.1 Å². The van der Waals surface area contributed by atoms with Crippen molar-refractivity contribution in [3.63, 3.8) is 0 Å². The zero-order chi connectivity index (χ0) is 14.4. The SMILES string of the molecule is CC(NCc1ccc(OCC#N)cc1)c1nncn1C. The number of rotatable bonds is 6. The second kappa shape index (κ2) is 6.68. The fourth-order valence-electron chi connectivity index (χ4n) is 1.87. The zero-order valence-electron chi connectivity index (χ0n) is 11.6. The molecule has 1 aromatic heterocycles. The molecule has 1 heterocycles. The Labute approximate surface area is 118 Å². The minimum absolute atomic E-state index is 0.0702. The van der Waals surface area contributed by atoms with Crippen LogP contribution in [0.1, 0.15) is 24.4 Å². The molecule has 0 amide bonds. The van der Waals surface area contributed by atoms with Gasteiger partial charge in [0, 0.05) is 13.6 Å². The number of hydrogen-bond acceptors (Lipinski definition) is 5. The molecule has 20 heavy (non-hydrogen) atoms. The molecule has 1 atom stereocenters. The van der Waals surface area contributed by atoms with Crippen LogP contribution in [0.2, 0.25) is 0 Å². The third kappa shape index (κ3) is 3.56. The van der Waals surface area contributed by atoms with Gasteiger partial charge in [-0.15, -0.1) is 10.2 Å². The lowest BCUT2D eigenvalue weighted by molar-refractivity contribution is 0.368. The Morgan fingerprint density at radius 1 is 1.40 bits per heavy atom. The highest BCUT2D eigenvalue weighted by Gasteiger charge is 2.10. The molecule has 104 valence electrons. The van der Waals surface area contributed by atoms with E-state index in [1.807, 2.05) is 41.9 Å². The smallest absolute Gasteiger partial charge is 0.174 e. The van der Waals surface area contributed by atoms with Gasteiger partial charge >= 0.3 is 0 Å². The van der Waals surface area contributed by atoms with E-state index in [4.69, 9.17) is 10.00 Å². The van der Waals surface area contributed by atoms with Crippen molar-refractivity contribution in [3.05, 3.63) is 42.0 Å². The van der Waals surface area contributed by atoms with Crippen LogP contribution >= 0.6 is 0 Å². The Kier molecular flexibility index (Phi) is 4.69. The molecular formula is C14H17N5O. The summed E-state index contributed by atoms with van der Waals surface area (Å²) >= 11 is 0. The molecule has 2 aromatic rings. The molecular weight excluding hydrogens is 254 g/mol. The van der Waals surface area contributed by atoms with Gasteiger partial charge in [-0.2, -0.15) is 5.26 Å². The minimum atomic E-state index is 0.0702. The lowest BCUT2D eigenvalue weighted by Gasteiger charge is -2.13. The summed E-state index contributed by atoms with van der Waals surface area (Å²) in [6.45, 7) is 2.85. The topological polar surface area (TPSA) is 75.8 Å². The number of benzene rings is 1. The first kappa shape index (κ1) is 14.0. The molecule has 0 aliphatic carbocycles. The van der Waals surface area contributed by atoms with Crippen LogP contribution in [0, 0.1) is 11.3 Å². The minimum Gasteiger partial charge on any atom is -0.479 e. The summed E-state index contributed by atoms with van der Waals surface area (Å²) in [5, 5.41) is 19.8. The van der Waals surface area contributed by atoms with Gasteiger partial charge in [-0.05, 0) is 24.6 Å². The van der Waals surface area contributed by atoms with Crippen LogP contribution in [-0.4, -0.2) is 21.4 Å². The Bertz CT molecular complexity index is 584. The summed E-state index contributed by atoms with van der Waals surface area (Å²) in [6.07, 6.45) is 1.69. The van der Waals surface area contributed by atoms with Crippen molar-refractivity contribution in [2.75, 3.05) is 6.61 Å². The average Bonchev–Trinajstić information content (AvgIpc) is 2.90. The van der Waals surface area contributed by atoms with Gasteiger partial charge in [-0.25, -0.2) is 0 Å². The molecule has 1 aromatic carbocycles. The van der Waals surface area contributed by atoms with Crippen LogP contribution in [0.5, 0.6) is 5.75 Å². The maximum atomic E-state index is 8.44. The predicted octanol–water partition coefficient (Wildman–Crippen LogP) is 1.57. The lowest BCUT2D eigenvalue weighted by atomic mass is 10.2. The van der Waals surface area contributed by atoms with E-state index >= 15 is 0 Å². The molecule has 1 N–H and O–H groups in total. The maximum absolute atomic E-state index is 8.44. The second-order valence-corrected chi connectivity index (χ2v) is 4.49. The van der Waals surface area contributed by atoms with Gasteiger partial charge in [0.15, 0.2) is 6.61 Å². The third-order valence-corrected chi connectivity index (χ3v) is 2.97. The van der Waals surface area contributed by atoms with Crippen molar-refractivity contribution in [2.24, 2.45) is 7.05 Å². The van der Waals surface area contributed by atoms with E-state index in [1.165, 1.54) is 0 Å². The van der Waals surface area contributed by atoms with Crippen LogP contribution in [0.3, 0.4) is 0 Å². The number of nitrogens with one attached hydrogen (secondary N) is 1. The van der Waals surface area contributed by atoms with E-state index in [9.17, 15) is 0 Å². The molecule has 0 fully saturated rings. The molecule has 0 radical (unpaired) electrons. The van der Waals surface area contributed by atoms with Gasteiger partial charge in [0.1, 0.15) is 24.0 Å². The number of aryl methyl sites for hydroxylation is 1. The number of hydrogen-bond donors (Lipinski definition) is 1. The number of nitriles is 1. The lowest BCUT2D eigenvalue weighted by Crippen LogP contribution is -2.21. The van der Waals surface area contributed by atoms with E-state index in [1.54, 1.807) is 6.33 Å². The van der Waals surface area contributed by atoms with Crippen molar-refractivity contribution in [2.45, 2.75) is 19.5 Å². The fraction of sp³-hybridized carbons (Fsp3) is 0.357. The van der Waals surface area contributed by atoms with Gasteiger partial charge in [0.2, 0.25) is 0 Å². The van der Waals surface area contributed by atoms with Crippen LogP contribution in [0.4, 0.5) is 0 Å². The van der Waals surface area contributed by atoms with E-state index in [-0.39, 0.29) is 12.6 Å². The van der Waals surface area contributed by atoms with Crippen molar-refractivity contribution >= 4 is 0 Å². The third-order valence-electron chi connectivity index (χ3n) is 2.97. The largest absolute Gasteiger partial charge is 0.479 e. The van der Waals surface area contributed by atoms with Crippen LogP contribution in [0.25, 0.3) is 0 Å². The van der Waals surface area contributed by atoms with E-state index < -0.39 is 0 Å². The molecule has 0 saturated heterocycles. The fourth-order valence-corrected chi connectivity index (χ4v) is 1.87. The number of aromatic nitrogens is 3. The summed E-state index contributed by atoms with van der Waals surface area (Å²) in [5.41, 5.74) is 1.14. The van der Waals surface area contributed by atoms with E-state index in [2.05, 4.69) is 22.4 Å². The van der Waals surface area contributed by atoms with Crippen LogP contribution in [-0.2, 0) is 13.6 Å². The van der Waals surface area contributed by atoms with Crippen molar-refractivity contribution in [1.29, 1.82) is 5.26 Å². The zero-order valence-corrected chi connectivity index (χ0v) is 11.6. The standard InChI is InChI=1S/C14H17N5O/c1-11(14-18-17-10-19(14)2)16-9-12-3-5-13(6-4-12)20-8-7-15/h3-6,10-11,16H,8-9H2,1-2H3. The predicted molar refractivity (Wildman–Crippen MR) is 73.8 cm³/mol. The van der Waals surface area contributed by atoms with E-state index in [0.717, 1.165) is 17.9 Å². The summed E-state index contributed by atoms with van der Waals surface area (Å²) in [4.78, 5) is 0. The molecule has 2 rings (SSSR count). The Morgan fingerprint density at radius 2 is 2.15 bits per heavy atom. The Hall–Kier alpha value is -2.39. The summed E-state index contributed by atoms with van der Waals surface area (Å²) in [5.74, 6) is 1.61. The summed E-state index contributed by atoms with van der Waals surface area (Å²) in [7, 11) is 1.93. The Morgan fingerprint density at radius 3 is 2.75 bits per heavy atom. The normalized spacial score (nSPS) is 11.8. The molecule has 0 aliphatic heterocycles. The van der Waals surface area contributed by atoms with Crippen LogP contribution in [0.15, 0.2) is 30.6 Å². The number of nitrogens with zero attached hydrogens (tertiary/aromatic N) is 4. The highest BCUT2D eigenvalue weighted by Crippen LogP contribution is 2.13. The molecule has 0 spiro atoms. The molecule has 0 saturated carbocycles. The summed E-state index contributed by atoms with van der Waals surface area (Å²) < 4.78 is 7.11. The maximum Gasteiger partial charge on any atom is 0.174 e. The van der Waals surface area contributed by atoms with E-state index in [0.29, 0.717) is 5.75 Å². The Balaban J connectivity index is 1.88. The average molecular weight is 271 g/mol. The second-order valence-electron chi connectivity index (χ2n) is 4.49. The first-order valence-corrected chi connectivity index (χ1v) is 6.36. The molecule has 1 unspecified atom stereocenters. The van der Waals surface area contributed by atoms with Crippen molar-refractivity contribution in [3.8, 4) is 11.8 Å². The molecule has 0 aliphatic rings. The monoisotopic (exact) mass is 271 g/mol. The summed E-state index contributed by atoms with van der Waals surface area (Å²) in [6, 6.07) is 9.74. The number of ether oxygens (including phenoxy) is 1. The highest BCUT2D eigenvalue weighted by molar-refractivity contribution is 5.27. The highest BCUT2D eigenvalue weighted by atomic mass is 16.5. The van der Waals surface area contributed by atoms with Crippen molar-refractivity contribution < 1.29 is 4.74 Å². The first-order valence-electron chi connectivity index (χ1n) is 6.36. The molecule has 0 bridgehead atoms. The van der Waals surface area contributed by atoms with Gasteiger partial charge in [0.25, 0.3) is 0 Å². The van der Waals surface area contributed by atoms with Gasteiger partial charge in [-0.1, -0.05) is 12.1 Å². The quantitative estimate of drug-likeness (QED) is 0.863. The van der Waals surface area contributed by atoms with Gasteiger partial charge in [0.05, 0.1) is 6.04 Å². The first-order chi connectivity index (χ1) is 9.70. The van der Waals surface area contributed by atoms with Gasteiger partial charge in [-0.3, -0.25) is 0 Å². The van der Waals surface area contributed by atoms with Crippen LogP contribution < -0.4 is 10.1 Å². The van der Waals surface area contributed by atoms with Gasteiger partial charge < -0.3 is 14.6 Å². The molecule has 6 nitrogen and oxygen atoms in total. The molecule has 6 heteroatoms.